The maximum Gasteiger partial charge on any atom is 0.290 e. The summed E-state index contributed by atoms with van der Waals surface area (Å²) in [5, 5.41) is 4.20. The molecule has 0 spiro atoms. The van der Waals surface area contributed by atoms with E-state index < -0.39 is 5.56 Å². The van der Waals surface area contributed by atoms with Gasteiger partial charge >= 0.3 is 0 Å². The number of nitrogen functional groups attached to an aromatic ring is 1. The van der Waals surface area contributed by atoms with E-state index in [-0.39, 0.29) is 30.3 Å². The molecule has 0 aliphatic carbocycles. The van der Waals surface area contributed by atoms with Gasteiger partial charge in [-0.3, -0.25) is 9.59 Å². The molecule has 0 saturated carbocycles. The Morgan fingerprint density at radius 1 is 1.38 bits per heavy atom. The van der Waals surface area contributed by atoms with E-state index in [0.29, 0.717) is 24.5 Å². The van der Waals surface area contributed by atoms with E-state index in [1.165, 1.54) is 12.3 Å². The van der Waals surface area contributed by atoms with Crippen molar-refractivity contribution in [2.75, 3.05) is 18.8 Å². The van der Waals surface area contributed by atoms with Gasteiger partial charge in [-0.05, 0) is 32.0 Å². The van der Waals surface area contributed by atoms with E-state index in [9.17, 15) is 9.59 Å². The first-order valence-electron chi connectivity index (χ1n) is 7.79. The van der Waals surface area contributed by atoms with Crippen LogP contribution in [0.3, 0.4) is 0 Å². The summed E-state index contributed by atoms with van der Waals surface area (Å²) in [6.45, 7) is 4.64. The highest BCUT2D eigenvalue weighted by molar-refractivity contribution is 5.76. The quantitative estimate of drug-likeness (QED) is 0.888. The number of amides is 1. The van der Waals surface area contributed by atoms with Crippen LogP contribution in [0.15, 0.2) is 33.7 Å². The molecule has 0 bridgehead atoms. The number of anilines is 1. The molecule has 2 unspecified atom stereocenters. The molecule has 0 radical (unpaired) electrons. The number of nitrogens with zero attached hydrogens (tertiary/aromatic N) is 3. The molecule has 2 aromatic heterocycles. The molecule has 1 amide bonds. The third-order valence-electron chi connectivity index (χ3n) is 3.83. The van der Waals surface area contributed by atoms with Crippen molar-refractivity contribution in [1.82, 2.24) is 14.7 Å². The average molecular weight is 332 g/mol. The molecule has 8 heteroatoms. The van der Waals surface area contributed by atoms with Gasteiger partial charge in [-0.15, -0.1) is 0 Å². The van der Waals surface area contributed by atoms with Gasteiger partial charge in [0, 0.05) is 13.1 Å². The second kappa shape index (κ2) is 6.48. The molecular formula is C16H20N4O4. The zero-order chi connectivity index (χ0) is 17.3. The summed E-state index contributed by atoms with van der Waals surface area (Å²) in [5.74, 6) is 0.291. The summed E-state index contributed by atoms with van der Waals surface area (Å²) < 4.78 is 12.0. The smallest absolute Gasteiger partial charge is 0.290 e. The predicted octanol–water partition coefficient (Wildman–Crippen LogP) is 0.721. The summed E-state index contributed by atoms with van der Waals surface area (Å²) >= 11 is 0. The van der Waals surface area contributed by atoms with Crippen LogP contribution in [-0.2, 0) is 16.1 Å². The van der Waals surface area contributed by atoms with Crippen LogP contribution < -0.4 is 11.3 Å². The maximum atomic E-state index is 12.5. The highest BCUT2D eigenvalue weighted by atomic mass is 16.5. The van der Waals surface area contributed by atoms with E-state index in [4.69, 9.17) is 14.9 Å². The molecule has 8 nitrogen and oxygen atoms in total. The van der Waals surface area contributed by atoms with Crippen molar-refractivity contribution in [2.24, 2.45) is 0 Å². The van der Waals surface area contributed by atoms with Crippen molar-refractivity contribution in [1.29, 1.82) is 0 Å². The zero-order valence-electron chi connectivity index (χ0n) is 13.6. The van der Waals surface area contributed by atoms with Gasteiger partial charge in [-0.1, -0.05) is 0 Å². The molecule has 2 aromatic rings. The Morgan fingerprint density at radius 3 is 2.71 bits per heavy atom. The summed E-state index contributed by atoms with van der Waals surface area (Å²) in [4.78, 5) is 26.4. The molecule has 1 aliphatic rings. The molecule has 24 heavy (non-hydrogen) atoms. The van der Waals surface area contributed by atoms with Crippen LogP contribution in [0.1, 0.15) is 13.8 Å². The SMILES string of the molecule is CC1CN(C(=O)Cn2nc(-c3ccco3)cc(N)c2=O)CC(C)O1. The first-order chi connectivity index (χ1) is 11.4. The number of aromatic nitrogens is 2. The van der Waals surface area contributed by atoms with Crippen LogP contribution in [0.4, 0.5) is 5.69 Å². The lowest BCUT2D eigenvalue weighted by molar-refractivity contribution is -0.144. The van der Waals surface area contributed by atoms with Crippen LogP contribution in [0.2, 0.25) is 0 Å². The lowest BCUT2D eigenvalue weighted by Crippen LogP contribution is -2.49. The lowest BCUT2D eigenvalue weighted by Gasteiger charge is -2.35. The zero-order valence-corrected chi connectivity index (χ0v) is 13.6. The fraction of sp³-hybridized carbons (Fsp3) is 0.438. The average Bonchev–Trinajstić information content (AvgIpc) is 3.05. The molecule has 2 N–H and O–H groups in total. The van der Waals surface area contributed by atoms with E-state index >= 15 is 0 Å². The molecule has 128 valence electrons. The summed E-state index contributed by atoms with van der Waals surface area (Å²) in [6, 6.07) is 4.87. The summed E-state index contributed by atoms with van der Waals surface area (Å²) in [6.07, 6.45) is 1.42. The van der Waals surface area contributed by atoms with Gasteiger partial charge < -0.3 is 19.8 Å². The predicted molar refractivity (Wildman–Crippen MR) is 87.2 cm³/mol. The number of ether oxygens (including phenoxy) is 1. The van der Waals surface area contributed by atoms with Crippen LogP contribution in [0, 0.1) is 0 Å². The molecule has 3 rings (SSSR count). The van der Waals surface area contributed by atoms with E-state index in [1.807, 2.05) is 13.8 Å². The van der Waals surface area contributed by atoms with Crippen molar-refractivity contribution >= 4 is 11.6 Å². The van der Waals surface area contributed by atoms with Crippen molar-refractivity contribution < 1.29 is 13.9 Å². The number of carbonyl (C=O) groups excluding carboxylic acids is 1. The number of hydrogen-bond donors (Lipinski definition) is 1. The first kappa shape index (κ1) is 16.3. The molecule has 1 saturated heterocycles. The van der Waals surface area contributed by atoms with Gasteiger partial charge in [0.2, 0.25) is 5.91 Å². The molecular weight excluding hydrogens is 312 g/mol. The first-order valence-corrected chi connectivity index (χ1v) is 7.79. The summed E-state index contributed by atoms with van der Waals surface area (Å²) in [5.41, 5.74) is 5.71. The highest BCUT2D eigenvalue weighted by Crippen LogP contribution is 2.17. The molecule has 2 atom stereocenters. The lowest BCUT2D eigenvalue weighted by atomic mass is 10.2. The Labute approximate surface area is 138 Å². The number of nitrogens with two attached hydrogens (primary N) is 1. The normalized spacial score (nSPS) is 21.0. The number of furan rings is 1. The number of morpholine rings is 1. The Bertz CT molecular complexity index is 774. The van der Waals surface area contributed by atoms with Crippen molar-refractivity contribution in [3.05, 3.63) is 34.8 Å². The van der Waals surface area contributed by atoms with Gasteiger partial charge in [-0.25, -0.2) is 4.68 Å². The molecule has 1 aliphatic heterocycles. The highest BCUT2D eigenvalue weighted by Gasteiger charge is 2.26. The Kier molecular flexibility index (Phi) is 4.39. The topological polar surface area (TPSA) is 104 Å². The van der Waals surface area contributed by atoms with Crippen LogP contribution in [-0.4, -0.2) is 45.9 Å². The standard InChI is InChI=1S/C16H20N4O4/c1-10-7-19(8-11(2)24-10)15(21)9-20-16(22)12(17)6-13(18-20)14-4-3-5-23-14/h3-6,10-11H,7-9,17H2,1-2H3. The van der Waals surface area contributed by atoms with Crippen molar-refractivity contribution in [3.8, 4) is 11.5 Å². The summed E-state index contributed by atoms with van der Waals surface area (Å²) in [7, 11) is 0. The van der Waals surface area contributed by atoms with Crippen LogP contribution in [0.25, 0.3) is 11.5 Å². The van der Waals surface area contributed by atoms with Gasteiger partial charge in [0.25, 0.3) is 5.56 Å². The number of carbonyl (C=O) groups is 1. The minimum Gasteiger partial charge on any atom is -0.463 e. The minimum atomic E-state index is -0.493. The Morgan fingerprint density at radius 2 is 2.08 bits per heavy atom. The van der Waals surface area contributed by atoms with Crippen molar-refractivity contribution in [3.63, 3.8) is 0 Å². The molecule has 1 fully saturated rings. The van der Waals surface area contributed by atoms with Crippen molar-refractivity contribution in [2.45, 2.75) is 32.6 Å². The van der Waals surface area contributed by atoms with Crippen LogP contribution >= 0.6 is 0 Å². The Balaban J connectivity index is 1.84. The maximum absolute atomic E-state index is 12.5. The third-order valence-corrected chi connectivity index (χ3v) is 3.83. The van der Waals surface area contributed by atoms with E-state index in [0.717, 1.165) is 4.68 Å². The minimum absolute atomic E-state index is 0.0212. The largest absolute Gasteiger partial charge is 0.463 e. The second-order valence-electron chi connectivity index (χ2n) is 5.98. The monoisotopic (exact) mass is 332 g/mol. The number of hydrogen-bond acceptors (Lipinski definition) is 6. The van der Waals surface area contributed by atoms with E-state index in [2.05, 4.69) is 5.10 Å². The second-order valence-corrected chi connectivity index (χ2v) is 5.98. The Hall–Kier alpha value is -2.61. The van der Waals surface area contributed by atoms with Gasteiger partial charge in [0.1, 0.15) is 17.9 Å². The fourth-order valence-corrected chi connectivity index (χ4v) is 2.82. The fourth-order valence-electron chi connectivity index (χ4n) is 2.82. The number of rotatable bonds is 3. The molecule has 0 aromatic carbocycles. The van der Waals surface area contributed by atoms with Crippen LogP contribution in [0.5, 0.6) is 0 Å². The molecule has 3 heterocycles. The van der Waals surface area contributed by atoms with Gasteiger partial charge in [0.05, 0.1) is 18.5 Å². The third kappa shape index (κ3) is 3.33. The van der Waals surface area contributed by atoms with E-state index in [1.54, 1.807) is 17.0 Å². The van der Waals surface area contributed by atoms with Gasteiger partial charge in [0.15, 0.2) is 5.76 Å². The van der Waals surface area contributed by atoms with Gasteiger partial charge in [-0.2, -0.15) is 5.10 Å².